The van der Waals surface area contributed by atoms with Crippen LogP contribution in [0.25, 0.3) is 0 Å². The maximum Gasteiger partial charge on any atom is 0.244 e. The zero-order valence-electron chi connectivity index (χ0n) is 15.9. The van der Waals surface area contributed by atoms with Gasteiger partial charge in [-0.3, -0.25) is 5.10 Å². The molecule has 1 aliphatic heterocycles. The summed E-state index contributed by atoms with van der Waals surface area (Å²) < 4.78 is 21.9. The molecule has 0 bridgehead atoms. The summed E-state index contributed by atoms with van der Waals surface area (Å²) in [6.07, 6.45) is 0. The topological polar surface area (TPSA) is 115 Å². The van der Waals surface area contributed by atoms with E-state index in [9.17, 15) is 5.26 Å². The first-order chi connectivity index (χ1) is 13.0. The molecule has 0 saturated carbocycles. The molecule has 1 aromatic heterocycles. The van der Waals surface area contributed by atoms with Gasteiger partial charge in [0.15, 0.2) is 11.5 Å². The number of aromatic amines is 1. The molecule has 0 fully saturated rings. The van der Waals surface area contributed by atoms with Gasteiger partial charge in [-0.2, -0.15) is 5.26 Å². The Morgan fingerprint density at radius 1 is 1.19 bits per heavy atom. The van der Waals surface area contributed by atoms with Crippen LogP contribution in [0.2, 0.25) is 0 Å². The fourth-order valence-electron chi connectivity index (χ4n) is 3.31. The molecule has 0 aliphatic carbocycles. The molecular weight excluding hydrogens is 348 g/mol. The average molecular weight is 370 g/mol. The quantitative estimate of drug-likeness (QED) is 0.831. The van der Waals surface area contributed by atoms with Crippen LogP contribution in [0.5, 0.6) is 23.1 Å². The van der Waals surface area contributed by atoms with Crippen molar-refractivity contribution in [3.05, 3.63) is 40.4 Å². The van der Waals surface area contributed by atoms with Crippen LogP contribution in [0.4, 0.5) is 0 Å². The normalized spacial score (nSPS) is 15.8. The molecular formula is C19H22N4O4. The SMILES string of the molecule is COc1cc([C@@H]2C(C#N)=C(N)Oc3n[nH]c(C(C)C)c32)cc(OC)c1OC. The summed E-state index contributed by atoms with van der Waals surface area (Å²) >= 11 is 0. The fraction of sp³-hybridized carbons (Fsp3) is 0.368. The number of hydrogen-bond acceptors (Lipinski definition) is 7. The predicted molar refractivity (Wildman–Crippen MR) is 98.1 cm³/mol. The lowest BCUT2D eigenvalue weighted by molar-refractivity contribution is 0.323. The lowest BCUT2D eigenvalue weighted by atomic mass is 9.82. The Morgan fingerprint density at radius 3 is 2.30 bits per heavy atom. The second kappa shape index (κ2) is 7.11. The number of nitrogens with two attached hydrogens (primary N) is 1. The Bertz CT molecular complexity index is 915. The minimum Gasteiger partial charge on any atom is -0.493 e. The lowest BCUT2D eigenvalue weighted by Crippen LogP contribution is -2.21. The van der Waals surface area contributed by atoms with Crippen molar-refractivity contribution >= 4 is 0 Å². The number of methoxy groups -OCH3 is 3. The van der Waals surface area contributed by atoms with Crippen molar-refractivity contribution in [2.75, 3.05) is 21.3 Å². The van der Waals surface area contributed by atoms with Gasteiger partial charge >= 0.3 is 0 Å². The predicted octanol–water partition coefficient (Wildman–Crippen LogP) is 2.78. The van der Waals surface area contributed by atoms with Crippen molar-refractivity contribution in [2.24, 2.45) is 5.73 Å². The molecule has 0 unspecified atom stereocenters. The highest BCUT2D eigenvalue weighted by molar-refractivity contribution is 5.61. The number of fused-ring (bicyclic) bond motifs is 1. The Kier molecular flexibility index (Phi) is 4.86. The second-order valence-electron chi connectivity index (χ2n) is 6.39. The number of rotatable bonds is 5. The summed E-state index contributed by atoms with van der Waals surface area (Å²) in [7, 11) is 4.63. The molecule has 1 aliphatic rings. The number of ether oxygens (including phenoxy) is 4. The average Bonchev–Trinajstić information content (AvgIpc) is 3.09. The van der Waals surface area contributed by atoms with E-state index in [4.69, 9.17) is 24.7 Å². The van der Waals surface area contributed by atoms with Crippen molar-refractivity contribution in [1.29, 1.82) is 5.26 Å². The van der Waals surface area contributed by atoms with Crippen LogP contribution in [0, 0.1) is 11.3 Å². The molecule has 0 amide bonds. The number of hydrogen-bond donors (Lipinski definition) is 2. The Hall–Kier alpha value is -3.34. The van der Waals surface area contributed by atoms with Crippen molar-refractivity contribution in [2.45, 2.75) is 25.7 Å². The van der Waals surface area contributed by atoms with E-state index in [1.807, 2.05) is 26.0 Å². The van der Waals surface area contributed by atoms with E-state index in [0.717, 1.165) is 16.8 Å². The third kappa shape index (κ3) is 2.91. The molecule has 142 valence electrons. The van der Waals surface area contributed by atoms with E-state index in [0.29, 0.717) is 28.7 Å². The van der Waals surface area contributed by atoms with Crippen LogP contribution in [0.1, 0.15) is 42.5 Å². The smallest absolute Gasteiger partial charge is 0.244 e. The Labute approximate surface area is 157 Å². The molecule has 8 nitrogen and oxygen atoms in total. The van der Waals surface area contributed by atoms with Gasteiger partial charge in [-0.25, -0.2) is 0 Å². The first-order valence-electron chi connectivity index (χ1n) is 8.42. The number of nitrogens with zero attached hydrogens (tertiary/aromatic N) is 2. The molecule has 0 saturated heterocycles. The lowest BCUT2D eigenvalue weighted by Gasteiger charge is -2.26. The molecule has 2 aromatic rings. The number of H-pyrrole nitrogens is 1. The zero-order valence-corrected chi connectivity index (χ0v) is 15.9. The van der Waals surface area contributed by atoms with Crippen LogP contribution in [-0.2, 0) is 0 Å². The maximum atomic E-state index is 9.75. The van der Waals surface area contributed by atoms with Gasteiger partial charge < -0.3 is 24.7 Å². The standard InChI is InChI=1S/C19H22N4O4/c1-9(2)16-15-14(11(8-20)18(21)27-19(15)23-22-16)10-6-12(24-3)17(26-5)13(7-10)25-4/h6-7,9,14H,21H2,1-5H3,(H,22,23)/t14-/m1/s1. The van der Waals surface area contributed by atoms with Crippen LogP contribution < -0.4 is 24.7 Å². The van der Waals surface area contributed by atoms with Gasteiger partial charge in [0.05, 0.1) is 32.8 Å². The monoisotopic (exact) mass is 370 g/mol. The highest BCUT2D eigenvalue weighted by Crippen LogP contribution is 2.48. The van der Waals surface area contributed by atoms with Crippen molar-refractivity contribution in [3.8, 4) is 29.2 Å². The van der Waals surface area contributed by atoms with E-state index >= 15 is 0 Å². The minimum atomic E-state index is -0.469. The number of nitriles is 1. The van der Waals surface area contributed by atoms with Crippen molar-refractivity contribution in [1.82, 2.24) is 10.2 Å². The van der Waals surface area contributed by atoms with Crippen LogP contribution >= 0.6 is 0 Å². The van der Waals surface area contributed by atoms with E-state index in [-0.39, 0.29) is 11.8 Å². The third-order valence-electron chi connectivity index (χ3n) is 4.57. The largest absolute Gasteiger partial charge is 0.493 e. The summed E-state index contributed by atoms with van der Waals surface area (Å²) in [6.45, 7) is 4.07. The van der Waals surface area contributed by atoms with Crippen LogP contribution in [-0.4, -0.2) is 31.5 Å². The van der Waals surface area contributed by atoms with Gasteiger partial charge in [0.2, 0.25) is 17.5 Å². The molecule has 27 heavy (non-hydrogen) atoms. The first-order valence-corrected chi connectivity index (χ1v) is 8.42. The second-order valence-corrected chi connectivity index (χ2v) is 6.39. The minimum absolute atomic E-state index is 0.0329. The zero-order chi connectivity index (χ0) is 19.7. The van der Waals surface area contributed by atoms with Crippen LogP contribution in [0.15, 0.2) is 23.6 Å². The molecule has 1 atom stereocenters. The van der Waals surface area contributed by atoms with E-state index in [1.54, 1.807) is 14.2 Å². The van der Waals surface area contributed by atoms with E-state index < -0.39 is 5.92 Å². The summed E-state index contributed by atoms with van der Waals surface area (Å²) in [4.78, 5) is 0. The molecule has 0 radical (unpaired) electrons. The molecule has 3 N–H and O–H groups in total. The Balaban J connectivity index is 2.30. The highest BCUT2D eigenvalue weighted by Gasteiger charge is 2.36. The number of aromatic nitrogens is 2. The van der Waals surface area contributed by atoms with Crippen molar-refractivity contribution in [3.63, 3.8) is 0 Å². The third-order valence-corrected chi connectivity index (χ3v) is 4.57. The van der Waals surface area contributed by atoms with Gasteiger partial charge in [0, 0.05) is 5.69 Å². The van der Waals surface area contributed by atoms with Gasteiger partial charge in [0.1, 0.15) is 11.6 Å². The number of allylic oxidation sites excluding steroid dienone is 1. The van der Waals surface area contributed by atoms with Crippen LogP contribution in [0.3, 0.4) is 0 Å². The van der Waals surface area contributed by atoms with Gasteiger partial charge in [-0.1, -0.05) is 13.8 Å². The summed E-state index contributed by atoms with van der Waals surface area (Å²) in [5.74, 6) is 1.54. The molecule has 1 aromatic carbocycles. The molecule has 8 heteroatoms. The van der Waals surface area contributed by atoms with Gasteiger partial charge in [-0.05, 0) is 23.6 Å². The highest BCUT2D eigenvalue weighted by atomic mass is 16.5. The summed E-state index contributed by atoms with van der Waals surface area (Å²) in [5.41, 5.74) is 8.74. The summed E-state index contributed by atoms with van der Waals surface area (Å²) in [5, 5.41) is 17.0. The molecule has 0 spiro atoms. The van der Waals surface area contributed by atoms with E-state index in [1.165, 1.54) is 7.11 Å². The van der Waals surface area contributed by atoms with Crippen molar-refractivity contribution < 1.29 is 18.9 Å². The van der Waals surface area contributed by atoms with Gasteiger partial charge in [-0.15, -0.1) is 5.10 Å². The van der Waals surface area contributed by atoms with E-state index in [2.05, 4.69) is 16.3 Å². The Morgan fingerprint density at radius 2 is 1.81 bits per heavy atom. The fourth-order valence-corrected chi connectivity index (χ4v) is 3.31. The summed E-state index contributed by atoms with van der Waals surface area (Å²) in [6, 6.07) is 5.79. The molecule has 2 heterocycles. The number of nitrogens with one attached hydrogen (secondary N) is 1. The first kappa shape index (κ1) is 18.5. The maximum absolute atomic E-state index is 9.75. The number of benzene rings is 1. The van der Waals surface area contributed by atoms with Gasteiger partial charge in [0.25, 0.3) is 0 Å². The molecule has 3 rings (SSSR count).